The van der Waals surface area contributed by atoms with Crippen molar-refractivity contribution < 1.29 is 13.9 Å². The summed E-state index contributed by atoms with van der Waals surface area (Å²) in [5.74, 6) is 0.129. The quantitative estimate of drug-likeness (QED) is 0.841. The fourth-order valence-electron chi connectivity index (χ4n) is 1.30. The van der Waals surface area contributed by atoms with Crippen molar-refractivity contribution in [3.8, 4) is 0 Å². The molecule has 0 fully saturated rings. The average Bonchev–Trinajstić information content (AvgIpc) is 2.27. The Morgan fingerprint density at radius 3 is 2.75 bits per heavy atom. The number of halogens is 3. The summed E-state index contributed by atoms with van der Waals surface area (Å²) < 4.78 is 27.1. The first-order valence-electron chi connectivity index (χ1n) is 4.94. The fourth-order valence-corrected chi connectivity index (χ4v) is 2.30. The predicted molar refractivity (Wildman–Crippen MR) is 66.8 cm³/mol. The van der Waals surface area contributed by atoms with E-state index in [0.717, 1.165) is 5.75 Å². The van der Waals surface area contributed by atoms with E-state index in [-0.39, 0.29) is 16.5 Å². The summed E-state index contributed by atoms with van der Waals surface area (Å²) >= 11 is 4.54. The van der Waals surface area contributed by atoms with Crippen LogP contribution < -0.4 is 0 Å². The highest BCUT2D eigenvalue weighted by Crippen LogP contribution is 2.23. The van der Waals surface area contributed by atoms with Gasteiger partial charge in [-0.1, -0.05) is 6.92 Å². The minimum Gasteiger partial charge on any atom is -0.392 e. The Kier molecular flexibility index (Phi) is 5.72. The molecule has 0 spiro atoms. The molecule has 5 heteroatoms. The Morgan fingerprint density at radius 2 is 2.12 bits per heavy atom. The van der Waals surface area contributed by atoms with Crippen molar-refractivity contribution in [2.75, 3.05) is 11.5 Å². The highest BCUT2D eigenvalue weighted by molar-refractivity contribution is 9.10. The molecule has 0 bridgehead atoms. The first-order chi connectivity index (χ1) is 7.56. The van der Waals surface area contributed by atoms with Crippen LogP contribution in [-0.2, 0) is 6.42 Å². The maximum absolute atomic E-state index is 13.5. The molecule has 1 N–H and O–H groups in total. The molecule has 0 saturated carbocycles. The van der Waals surface area contributed by atoms with Crippen molar-refractivity contribution >= 4 is 27.7 Å². The van der Waals surface area contributed by atoms with E-state index in [1.54, 1.807) is 11.8 Å². The molecule has 90 valence electrons. The summed E-state index contributed by atoms with van der Waals surface area (Å²) in [6, 6.07) is 2.52. The number of hydrogen-bond donors (Lipinski definition) is 1. The lowest BCUT2D eigenvalue weighted by Gasteiger charge is -2.11. The molecule has 1 aromatic carbocycles. The highest BCUT2D eigenvalue weighted by atomic mass is 79.9. The van der Waals surface area contributed by atoms with E-state index in [9.17, 15) is 13.9 Å². The lowest BCUT2D eigenvalue weighted by molar-refractivity contribution is 0.197. The van der Waals surface area contributed by atoms with E-state index in [1.165, 1.54) is 12.1 Å². The van der Waals surface area contributed by atoms with Crippen LogP contribution in [0.4, 0.5) is 8.78 Å². The van der Waals surface area contributed by atoms with Gasteiger partial charge in [-0.3, -0.25) is 0 Å². The summed E-state index contributed by atoms with van der Waals surface area (Å²) in [7, 11) is 0. The van der Waals surface area contributed by atoms with E-state index in [0.29, 0.717) is 5.75 Å². The normalized spacial score (nSPS) is 12.8. The van der Waals surface area contributed by atoms with Crippen LogP contribution in [0.25, 0.3) is 0 Å². The molecule has 0 amide bonds. The number of thioether (sulfide) groups is 1. The van der Waals surface area contributed by atoms with Crippen molar-refractivity contribution in [2.24, 2.45) is 0 Å². The van der Waals surface area contributed by atoms with Crippen LogP contribution in [0.3, 0.4) is 0 Å². The molecule has 0 heterocycles. The summed E-state index contributed by atoms with van der Waals surface area (Å²) in [5.41, 5.74) is -0.0569. The number of aliphatic hydroxyl groups excluding tert-OH is 1. The van der Waals surface area contributed by atoms with Gasteiger partial charge in [0.2, 0.25) is 0 Å². The van der Waals surface area contributed by atoms with Gasteiger partial charge in [-0.05, 0) is 33.8 Å². The van der Waals surface area contributed by atoms with Gasteiger partial charge < -0.3 is 5.11 Å². The Labute approximate surface area is 106 Å². The Hall–Kier alpha value is -0.130. The first kappa shape index (κ1) is 13.9. The van der Waals surface area contributed by atoms with E-state index >= 15 is 0 Å². The smallest absolute Gasteiger partial charge is 0.143 e. The van der Waals surface area contributed by atoms with Crippen molar-refractivity contribution in [2.45, 2.75) is 19.4 Å². The monoisotopic (exact) mass is 310 g/mol. The molecule has 0 aromatic heterocycles. The van der Waals surface area contributed by atoms with E-state index < -0.39 is 17.7 Å². The van der Waals surface area contributed by atoms with Gasteiger partial charge in [-0.15, -0.1) is 0 Å². The van der Waals surface area contributed by atoms with Crippen LogP contribution in [0, 0.1) is 11.6 Å². The third-order valence-corrected chi connectivity index (χ3v) is 3.73. The summed E-state index contributed by atoms with van der Waals surface area (Å²) in [6.45, 7) is 1.97. The van der Waals surface area contributed by atoms with Crippen molar-refractivity contribution in [1.29, 1.82) is 0 Å². The topological polar surface area (TPSA) is 20.2 Å². The second-order valence-electron chi connectivity index (χ2n) is 3.34. The molecule has 1 nitrogen and oxygen atoms in total. The van der Waals surface area contributed by atoms with Gasteiger partial charge in [0.05, 0.1) is 10.6 Å². The first-order valence-corrected chi connectivity index (χ1v) is 6.89. The molecule has 1 atom stereocenters. The van der Waals surface area contributed by atoms with Gasteiger partial charge in [-0.2, -0.15) is 11.8 Å². The zero-order chi connectivity index (χ0) is 12.1. The fraction of sp³-hybridized carbons (Fsp3) is 0.455. The second-order valence-corrected chi connectivity index (χ2v) is 5.51. The van der Waals surface area contributed by atoms with Gasteiger partial charge >= 0.3 is 0 Å². The van der Waals surface area contributed by atoms with Gasteiger partial charge in [-0.25, -0.2) is 8.78 Å². The van der Waals surface area contributed by atoms with Gasteiger partial charge in [0.1, 0.15) is 11.6 Å². The van der Waals surface area contributed by atoms with Crippen molar-refractivity contribution in [1.82, 2.24) is 0 Å². The predicted octanol–water partition coefficient (Wildman–Crippen LogP) is 3.38. The Balaban J connectivity index is 2.76. The molecule has 1 unspecified atom stereocenters. The second kappa shape index (κ2) is 6.57. The van der Waals surface area contributed by atoms with Crippen LogP contribution in [0.1, 0.15) is 12.5 Å². The summed E-state index contributed by atoms with van der Waals surface area (Å²) in [4.78, 5) is 0. The van der Waals surface area contributed by atoms with Crippen molar-refractivity contribution in [3.05, 3.63) is 33.8 Å². The van der Waals surface area contributed by atoms with Crippen LogP contribution in [0.5, 0.6) is 0 Å². The minimum atomic E-state index is -0.719. The lowest BCUT2D eigenvalue weighted by atomic mass is 10.1. The largest absolute Gasteiger partial charge is 0.392 e. The van der Waals surface area contributed by atoms with Crippen LogP contribution >= 0.6 is 27.7 Å². The zero-order valence-corrected chi connectivity index (χ0v) is 11.2. The molecular formula is C11H13BrF2OS. The minimum absolute atomic E-state index is 0.00407. The van der Waals surface area contributed by atoms with Gasteiger partial charge in [0.25, 0.3) is 0 Å². The molecule has 0 aliphatic rings. The zero-order valence-electron chi connectivity index (χ0n) is 8.84. The molecular weight excluding hydrogens is 298 g/mol. The van der Waals surface area contributed by atoms with E-state index in [2.05, 4.69) is 15.9 Å². The Bertz CT molecular complexity index is 360. The molecule has 1 aromatic rings. The molecule has 1 rings (SSSR count). The van der Waals surface area contributed by atoms with Crippen molar-refractivity contribution in [3.63, 3.8) is 0 Å². The third kappa shape index (κ3) is 3.71. The number of hydrogen-bond acceptors (Lipinski definition) is 2. The standard InChI is InChI=1S/C11H13BrF2OS/c1-2-16-6-7(15)5-8-10(13)4-3-9(12)11(8)14/h3-4,7,15H,2,5-6H2,1H3. The highest BCUT2D eigenvalue weighted by Gasteiger charge is 2.16. The third-order valence-electron chi connectivity index (χ3n) is 2.09. The number of rotatable bonds is 5. The van der Waals surface area contributed by atoms with E-state index in [4.69, 9.17) is 0 Å². The molecule has 0 aliphatic heterocycles. The molecule has 0 aliphatic carbocycles. The molecule has 0 saturated heterocycles. The maximum Gasteiger partial charge on any atom is 0.143 e. The van der Waals surface area contributed by atoms with Crippen LogP contribution in [-0.4, -0.2) is 22.7 Å². The summed E-state index contributed by atoms with van der Waals surface area (Å²) in [6.07, 6.45) is -0.715. The lowest BCUT2D eigenvalue weighted by Crippen LogP contribution is -2.16. The van der Waals surface area contributed by atoms with Crippen LogP contribution in [0.2, 0.25) is 0 Å². The number of aliphatic hydroxyl groups is 1. The average molecular weight is 311 g/mol. The molecule has 0 radical (unpaired) electrons. The maximum atomic E-state index is 13.5. The molecule has 16 heavy (non-hydrogen) atoms. The van der Waals surface area contributed by atoms with Gasteiger partial charge in [0.15, 0.2) is 0 Å². The van der Waals surface area contributed by atoms with Crippen LogP contribution in [0.15, 0.2) is 16.6 Å². The van der Waals surface area contributed by atoms with Gasteiger partial charge in [0, 0.05) is 17.7 Å². The van der Waals surface area contributed by atoms with E-state index in [1.807, 2.05) is 6.92 Å². The Morgan fingerprint density at radius 1 is 1.44 bits per heavy atom. The summed E-state index contributed by atoms with van der Waals surface area (Å²) in [5, 5.41) is 9.60. The number of benzene rings is 1. The SMILES string of the molecule is CCSCC(O)Cc1c(F)ccc(Br)c1F.